The van der Waals surface area contributed by atoms with E-state index in [1.54, 1.807) is 30.0 Å². The van der Waals surface area contributed by atoms with Gasteiger partial charge >= 0.3 is 0 Å². The molecule has 0 spiro atoms. The Morgan fingerprint density at radius 1 is 1.17 bits per heavy atom. The quantitative estimate of drug-likeness (QED) is 0.896. The van der Waals surface area contributed by atoms with E-state index in [1.165, 1.54) is 6.07 Å². The summed E-state index contributed by atoms with van der Waals surface area (Å²) in [6, 6.07) is 10.4. The van der Waals surface area contributed by atoms with Gasteiger partial charge < -0.3 is 15.3 Å². The summed E-state index contributed by atoms with van der Waals surface area (Å²) >= 11 is 0. The number of aromatic hydroxyl groups is 1. The normalized spacial score (nSPS) is 12.9. The van der Waals surface area contributed by atoms with E-state index in [-0.39, 0.29) is 23.1 Å². The van der Waals surface area contributed by atoms with Crippen LogP contribution in [0.15, 0.2) is 36.4 Å². The number of aryl methyl sites for hydroxylation is 1. The number of hydrogen-bond donors (Lipinski definition) is 2. The zero-order valence-electron chi connectivity index (χ0n) is 13.1. The van der Waals surface area contributed by atoms with Crippen LogP contribution >= 0.6 is 0 Å². The Bertz CT molecular complexity index is 799. The van der Waals surface area contributed by atoms with E-state index in [0.717, 1.165) is 23.2 Å². The smallest absolute Gasteiger partial charge is 0.259 e. The average Bonchev–Trinajstić information content (AvgIpc) is 2.93. The number of benzene rings is 2. The van der Waals surface area contributed by atoms with Gasteiger partial charge in [0.1, 0.15) is 5.75 Å². The fraction of sp³-hybridized carbons (Fsp3) is 0.222. The second-order valence-electron chi connectivity index (χ2n) is 5.74. The molecule has 0 atom stereocenters. The zero-order chi connectivity index (χ0) is 16.6. The highest BCUT2D eigenvalue weighted by Gasteiger charge is 2.22. The van der Waals surface area contributed by atoms with Gasteiger partial charge in [-0.2, -0.15) is 0 Å². The molecule has 0 aromatic heterocycles. The van der Waals surface area contributed by atoms with Crippen LogP contribution in [-0.2, 0) is 11.2 Å². The molecule has 2 N–H and O–H groups in total. The van der Waals surface area contributed by atoms with E-state index >= 15 is 0 Å². The number of carbonyl (C=O) groups excluding carboxylic acids is 2. The van der Waals surface area contributed by atoms with Crippen molar-refractivity contribution in [2.45, 2.75) is 20.3 Å². The molecule has 1 heterocycles. The topological polar surface area (TPSA) is 69.6 Å². The monoisotopic (exact) mass is 310 g/mol. The fourth-order valence-corrected chi connectivity index (χ4v) is 2.84. The first-order valence-corrected chi connectivity index (χ1v) is 7.47. The summed E-state index contributed by atoms with van der Waals surface area (Å²) in [6.07, 6.45) is 0.772. The van der Waals surface area contributed by atoms with Crippen molar-refractivity contribution in [2.75, 3.05) is 16.8 Å². The van der Waals surface area contributed by atoms with E-state index < -0.39 is 0 Å². The van der Waals surface area contributed by atoms with Crippen molar-refractivity contribution in [1.82, 2.24) is 0 Å². The van der Waals surface area contributed by atoms with Gasteiger partial charge in [0.05, 0.1) is 5.56 Å². The molecule has 1 aliphatic rings. The summed E-state index contributed by atoms with van der Waals surface area (Å²) in [5.74, 6) is -0.380. The lowest BCUT2D eigenvalue weighted by Gasteiger charge is -2.15. The molecule has 0 aliphatic carbocycles. The minimum Gasteiger partial charge on any atom is -0.507 e. The number of nitrogens with zero attached hydrogens (tertiary/aromatic N) is 1. The predicted octanol–water partition coefficient (Wildman–Crippen LogP) is 2.86. The minimum absolute atomic E-state index is 0.0187. The van der Waals surface area contributed by atoms with Crippen molar-refractivity contribution in [3.63, 3.8) is 0 Å². The molecule has 5 heteroatoms. The van der Waals surface area contributed by atoms with Gasteiger partial charge in [0, 0.05) is 24.8 Å². The van der Waals surface area contributed by atoms with Gasteiger partial charge in [-0.3, -0.25) is 9.59 Å². The Labute approximate surface area is 134 Å². The lowest BCUT2D eigenvalue weighted by molar-refractivity contribution is -0.116. The number of amides is 2. The molecule has 3 rings (SSSR count). The lowest BCUT2D eigenvalue weighted by atomic mass is 10.1. The summed E-state index contributed by atoms with van der Waals surface area (Å²) in [4.78, 5) is 25.6. The Kier molecular flexibility index (Phi) is 3.78. The van der Waals surface area contributed by atoms with Crippen LogP contribution in [0.1, 0.15) is 28.4 Å². The van der Waals surface area contributed by atoms with Crippen molar-refractivity contribution in [1.29, 1.82) is 0 Å². The highest BCUT2D eigenvalue weighted by Crippen LogP contribution is 2.31. The van der Waals surface area contributed by atoms with Crippen LogP contribution in [0.5, 0.6) is 5.75 Å². The zero-order valence-corrected chi connectivity index (χ0v) is 13.1. The number of hydrogen-bond acceptors (Lipinski definition) is 3. The molecule has 2 aromatic carbocycles. The molecule has 23 heavy (non-hydrogen) atoms. The van der Waals surface area contributed by atoms with Crippen LogP contribution in [0.2, 0.25) is 0 Å². The largest absolute Gasteiger partial charge is 0.507 e. The Balaban J connectivity index is 1.83. The summed E-state index contributed by atoms with van der Waals surface area (Å²) in [5, 5.41) is 12.6. The van der Waals surface area contributed by atoms with Crippen LogP contribution in [0.4, 0.5) is 11.4 Å². The van der Waals surface area contributed by atoms with Crippen molar-refractivity contribution in [3.8, 4) is 5.75 Å². The fourth-order valence-electron chi connectivity index (χ4n) is 2.84. The number of anilines is 2. The average molecular weight is 310 g/mol. The van der Waals surface area contributed by atoms with Gasteiger partial charge in [0.2, 0.25) is 5.91 Å². The Morgan fingerprint density at radius 2 is 1.96 bits per heavy atom. The molecule has 0 radical (unpaired) electrons. The van der Waals surface area contributed by atoms with Crippen molar-refractivity contribution in [2.24, 2.45) is 0 Å². The molecule has 2 amide bonds. The second-order valence-corrected chi connectivity index (χ2v) is 5.74. The van der Waals surface area contributed by atoms with Gasteiger partial charge in [-0.1, -0.05) is 11.6 Å². The maximum atomic E-state index is 12.3. The Hall–Kier alpha value is -2.82. The van der Waals surface area contributed by atoms with E-state index in [4.69, 9.17) is 0 Å². The molecule has 2 aromatic rings. The maximum absolute atomic E-state index is 12.3. The van der Waals surface area contributed by atoms with Gasteiger partial charge in [0.15, 0.2) is 0 Å². The molecule has 5 nitrogen and oxygen atoms in total. The van der Waals surface area contributed by atoms with E-state index in [0.29, 0.717) is 12.2 Å². The van der Waals surface area contributed by atoms with Crippen molar-refractivity contribution in [3.05, 3.63) is 53.1 Å². The number of fused-ring (bicyclic) bond motifs is 1. The lowest BCUT2D eigenvalue weighted by Crippen LogP contribution is -2.25. The first-order valence-electron chi connectivity index (χ1n) is 7.47. The molecule has 0 saturated heterocycles. The van der Waals surface area contributed by atoms with Gasteiger partial charge in [0.25, 0.3) is 5.91 Å². The van der Waals surface area contributed by atoms with E-state index in [1.807, 2.05) is 19.1 Å². The highest BCUT2D eigenvalue weighted by atomic mass is 16.3. The maximum Gasteiger partial charge on any atom is 0.259 e. The third-order valence-corrected chi connectivity index (χ3v) is 4.01. The standard InChI is InChI=1S/C18H18N2O3/c1-11-3-6-17(22)15(9-11)18(23)19-14-4-5-16-13(10-14)7-8-20(16)12(2)21/h3-6,9-10,22H,7-8H2,1-2H3,(H,19,23). The van der Waals surface area contributed by atoms with Gasteiger partial charge in [-0.05, 0) is 49.2 Å². The Morgan fingerprint density at radius 3 is 2.70 bits per heavy atom. The van der Waals surface area contributed by atoms with Crippen molar-refractivity contribution >= 4 is 23.2 Å². The first kappa shape index (κ1) is 15.1. The number of nitrogens with one attached hydrogen (secondary N) is 1. The summed E-state index contributed by atoms with van der Waals surface area (Å²) in [6.45, 7) is 4.08. The summed E-state index contributed by atoms with van der Waals surface area (Å²) in [7, 11) is 0. The predicted molar refractivity (Wildman–Crippen MR) is 89.0 cm³/mol. The molecule has 0 bridgehead atoms. The number of phenols is 1. The van der Waals surface area contributed by atoms with Crippen LogP contribution in [0, 0.1) is 6.92 Å². The van der Waals surface area contributed by atoms with E-state index in [2.05, 4.69) is 5.32 Å². The van der Waals surface area contributed by atoms with E-state index in [9.17, 15) is 14.7 Å². The van der Waals surface area contributed by atoms with Crippen LogP contribution in [0.25, 0.3) is 0 Å². The minimum atomic E-state index is -0.354. The van der Waals surface area contributed by atoms with Crippen LogP contribution in [0.3, 0.4) is 0 Å². The molecular formula is C18H18N2O3. The summed E-state index contributed by atoms with van der Waals surface area (Å²) in [5.41, 5.74) is 3.73. The number of rotatable bonds is 2. The van der Waals surface area contributed by atoms with Crippen LogP contribution < -0.4 is 10.2 Å². The van der Waals surface area contributed by atoms with Gasteiger partial charge in [-0.15, -0.1) is 0 Å². The first-order chi connectivity index (χ1) is 11.0. The number of phenolic OH excluding ortho intramolecular Hbond substituents is 1. The molecule has 0 unspecified atom stereocenters. The number of carbonyl (C=O) groups is 2. The molecule has 0 saturated carbocycles. The van der Waals surface area contributed by atoms with Crippen molar-refractivity contribution < 1.29 is 14.7 Å². The molecule has 1 aliphatic heterocycles. The molecular weight excluding hydrogens is 292 g/mol. The van der Waals surface area contributed by atoms with Crippen LogP contribution in [-0.4, -0.2) is 23.5 Å². The van der Waals surface area contributed by atoms with Gasteiger partial charge in [-0.25, -0.2) is 0 Å². The molecule has 0 fully saturated rings. The third kappa shape index (κ3) is 2.90. The molecule has 118 valence electrons. The second kappa shape index (κ2) is 5.76. The SMILES string of the molecule is CC(=O)N1CCc2cc(NC(=O)c3cc(C)ccc3O)ccc21. The summed E-state index contributed by atoms with van der Waals surface area (Å²) < 4.78 is 0. The highest BCUT2D eigenvalue weighted by molar-refractivity contribution is 6.06. The third-order valence-electron chi connectivity index (χ3n) is 4.01.